The fourth-order valence-electron chi connectivity index (χ4n) is 8.60. The predicted molar refractivity (Wildman–Crippen MR) is 192 cm³/mol. The number of para-hydroxylation sites is 1. The van der Waals surface area contributed by atoms with Crippen LogP contribution < -0.4 is 9.13 Å². The zero-order valence-electron chi connectivity index (χ0n) is 28.5. The van der Waals surface area contributed by atoms with Crippen molar-refractivity contribution in [1.82, 2.24) is 0 Å². The number of aromatic nitrogens is 2. The van der Waals surface area contributed by atoms with Gasteiger partial charge in [-0.05, 0) is 71.4 Å². The van der Waals surface area contributed by atoms with E-state index in [1.54, 1.807) is 0 Å². The van der Waals surface area contributed by atoms with Crippen molar-refractivity contribution in [2.24, 2.45) is 7.05 Å². The summed E-state index contributed by atoms with van der Waals surface area (Å²) in [5.74, 6) is 0. The largest absolute Gasteiger partial charge is 0.214 e. The summed E-state index contributed by atoms with van der Waals surface area (Å²) in [6.07, 6.45) is 11.3. The molecule has 3 heterocycles. The Kier molecular flexibility index (Phi) is 7.79. The Balaban J connectivity index is 1.50. The number of aryl methyl sites for hydroxylation is 2. The van der Waals surface area contributed by atoms with Crippen molar-refractivity contribution in [3.63, 3.8) is 0 Å². The quantitative estimate of drug-likeness (QED) is 0.156. The highest BCUT2D eigenvalue weighted by Gasteiger charge is 2.55. The number of benzene rings is 3. The minimum Gasteiger partial charge on any atom is -0.201 e. The molecule has 5 aromatic rings. The van der Waals surface area contributed by atoms with Crippen molar-refractivity contribution in [3.8, 4) is 11.3 Å². The van der Waals surface area contributed by atoms with E-state index in [0.717, 1.165) is 25.7 Å². The van der Waals surface area contributed by atoms with Crippen LogP contribution >= 0.6 is 0 Å². The SMILES string of the molecule is CCCCc1ccc2c(c1)C(C)(C)C1=C2c2ccc3ccccc3[n+]2C(CC)(CC)C1=CCc1ccccc1-c1cccc[n+]1C. The molecule has 0 fully saturated rings. The second-order valence-corrected chi connectivity index (χ2v) is 13.9. The van der Waals surface area contributed by atoms with Crippen LogP contribution in [0.15, 0.2) is 120 Å². The number of unbranched alkanes of at least 4 members (excludes halogenated alkanes) is 1. The number of fused-ring (bicyclic) bond motifs is 6. The van der Waals surface area contributed by atoms with Gasteiger partial charge in [-0.2, -0.15) is 4.57 Å². The van der Waals surface area contributed by atoms with Gasteiger partial charge in [-0.25, -0.2) is 4.57 Å². The first-order chi connectivity index (χ1) is 22.4. The first kappa shape index (κ1) is 30.4. The molecule has 0 bridgehead atoms. The van der Waals surface area contributed by atoms with E-state index in [0.29, 0.717) is 0 Å². The number of nitrogens with zero attached hydrogens (tertiary/aromatic N) is 2. The molecule has 232 valence electrons. The molecule has 1 aliphatic heterocycles. The van der Waals surface area contributed by atoms with Gasteiger partial charge in [-0.15, -0.1) is 0 Å². The minimum absolute atomic E-state index is 0.108. The van der Waals surface area contributed by atoms with Crippen molar-refractivity contribution in [2.75, 3.05) is 0 Å². The second kappa shape index (κ2) is 11.8. The lowest BCUT2D eigenvalue weighted by Crippen LogP contribution is -2.62. The van der Waals surface area contributed by atoms with Crippen LogP contribution in [-0.2, 0) is 30.8 Å². The standard InChI is InChI=1S/C44H48N2/c1-7-10-17-31-23-26-35-37(30-31)43(4,5)42-36(27-24-32-18-11-13-20-34(32)39-22-15-16-29-45(39)6)44(8-2,9-3)46-38-21-14-12-19-33(38)25-28-40(46)41(35)42/h11-16,18-23,25-30H,7-10,17,24H2,1-6H3/q+2. The van der Waals surface area contributed by atoms with Gasteiger partial charge in [0, 0.05) is 59.0 Å². The zero-order valence-corrected chi connectivity index (χ0v) is 28.5. The Morgan fingerprint density at radius 2 is 1.50 bits per heavy atom. The fraction of sp³-hybridized carbons (Fsp3) is 0.318. The Morgan fingerprint density at radius 1 is 0.739 bits per heavy atom. The topological polar surface area (TPSA) is 7.76 Å². The molecule has 0 radical (unpaired) electrons. The van der Waals surface area contributed by atoms with Gasteiger partial charge in [0.25, 0.3) is 0 Å². The molecule has 0 saturated carbocycles. The Labute approximate surface area is 275 Å². The molecule has 0 atom stereocenters. The lowest BCUT2D eigenvalue weighted by atomic mass is 9.67. The normalized spacial score (nSPS) is 16.9. The molecule has 0 N–H and O–H groups in total. The number of pyridine rings is 2. The molecule has 0 spiro atoms. The van der Waals surface area contributed by atoms with Crippen molar-refractivity contribution >= 4 is 16.5 Å². The number of allylic oxidation sites excluding steroid dienone is 3. The molecule has 1 aliphatic carbocycles. The first-order valence-electron chi connectivity index (χ1n) is 17.4. The van der Waals surface area contributed by atoms with Gasteiger partial charge in [0.2, 0.25) is 16.9 Å². The van der Waals surface area contributed by atoms with Crippen LogP contribution in [0.4, 0.5) is 0 Å². The summed E-state index contributed by atoms with van der Waals surface area (Å²) in [7, 11) is 2.15. The zero-order chi connectivity index (χ0) is 32.1. The van der Waals surface area contributed by atoms with E-state index < -0.39 is 0 Å². The van der Waals surface area contributed by atoms with E-state index in [-0.39, 0.29) is 11.0 Å². The molecular formula is C44H48N2+2. The summed E-state index contributed by atoms with van der Waals surface area (Å²) >= 11 is 0. The fourth-order valence-corrected chi connectivity index (χ4v) is 8.60. The van der Waals surface area contributed by atoms with Gasteiger partial charge in [0.05, 0.1) is 5.57 Å². The van der Waals surface area contributed by atoms with Crippen LogP contribution in [0.2, 0.25) is 0 Å². The van der Waals surface area contributed by atoms with Crippen molar-refractivity contribution in [3.05, 3.63) is 148 Å². The van der Waals surface area contributed by atoms with E-state index in [1.807, 2.05) is 0 Å². The van der Waals surface area contributed by atoms with E-state index in [4.69, 9.17) is 0 Å². The highest BCUT2D eigenvalue weighted by atomic mass is 15.1. The monoisotopic (exact) mass is 604 g/mol. The first-order valence-corrected chi connectivity index (χ1v) is 17.4. The van der Waals surface area contributed by atoms with Gasteiger partial charge in [0.1, 0.15) is 7.05 Å². The summed E-state index contributed by atoms with van der Waals surface area (Å²) in [5, 5.41) is 1.30. The number of hydrogen-bond donors (Lipinski definition) is 0. The molecule has 2 aromatic heterocycles. The molecule has 46 heavy (non-hydrogen) atoms. The van der Waals surface area contributed by atoms with E-state index >= 15 is 0 Å². The lowest BCUT2D eigenvalue weighted by molar-refractivity contribution is -0.736. The van der Waals surface area contributed by atoms with Crippen LogP contribution in [0.3, 0.4) is 0 Å². The molecule has 2 aliphatic rings. The van der Waals surface area contributed by atoms with Crippen LogP contribution in [0.25, 0.3) is 27.7 Å². The van der Waals surface area contributed by atoms with Crippen LogP contribution in [0.5, 0.6) is 0 Å². The summed E-state index contributed by atoms with van der Waals surface area (Å²) < 4.78 is 4.97. The number of rotatable bonds is 8. The summed E-state index contributed by atoms with van der Waals surface area (Å²) in [6.45, 7) is 12.1. The molecule has 2 heteroatoms. The average molecular weight is 605 g/mol. The van der Waals surface area contributed by atoms with Crippen molar-refractivity contribution in [2.45, 2.75) is 84.1 Å². The second-order valence-electron chi connectivity index (χ2n) is 13.9. The lowest BCUT2D eigenvalue weighted by Gasteiger charge is -2.39. The molecule has 2 nitrogen and oxygen atoms in total. The molecule has 7 rings (SSSR count). The molecule has 0 amide bonds. The van der Waals surface area contributed by atoms with E-state index in [2.05, 4.69) is 160 Å². The number of hydrogen-bond acceptors (Lipinski definition) is 0. The highest BCUT2D eigenvalue weighted by Crippen LogP contribution is 2.57. The summed E-state index contributed by atoms with van der Waals surface area (Å²) in [4.78, 5) is 0. The van der Waals surface area contributed by atoms with E-state index in [9.17, 15) is 0 Å². The molecular weight excluding hydrogens is 556 g/mol. The third kappa shape index (κ3) is 4.60. The Bertz CT molecular complexity index is 2020. The summed E-state index contributed by atoms with van der Waals surface area (Å²) in [5.41, 5.74) is 15.1. The predicted octanol–water partition coefficient (Wildman–Crippen LogP) is 9.75. The highest BCUT2D eigenvalue weighted by molar-refractivity contribution is 5.93. The van der Waals surface area contributed by atoms with Gasteiger partial charge < -0.3 is 0 Å². The van der Waals surface area contributed by atoms with Crippen molar-refractivity contribution < 1.29 is 9.13 Å². The smallest absolute Gasteiger partial charge is 0.201 e. The maximum Gasteiger partial charge on any atom is 0.214 e. The Morgan fingerprint density at radius 3 is 2.28 bits per heavy atom. The van der Waals surface area contributed by atoms with Crippen molar-refractivity contribution in [1.29, 1.82) is 0 Å². The van der Waals surface area contributed by atoms with Gasteiger partial charge >= 0.3 is 0 Å². The third-order valence-corrected chi connectivity index (χ3v) is 11.1. The maximum atomic E-state index is 2.73. The van der Waals surface area contributed by atoms with Gasteiger partial charge in [-0.1, -0.05) is 95.6 Å². The van der Waals surface area contributed by atoms with Gasteiger partial charge in [0.15, 0.2) is 11.7 Å². The Hall–Kier alpha value is -4.30. The third-order valence-electron chi connectivity index (χ3n) is 11.1. The summed E-state index contributed by atoms with van der Waals surface area (Å²) in [6, 6.07) is 36.6. The molecule has 0 saturated heterocycles. The maximum absolute atomic E-state index is 2.73. The average Bonchev–Trinajstić information content (AvgIpc) is 3.32. The van der Waals surface area contributed by atoms with Crippen LogP contribution in [-0.4, -0.2) is 0 Å². The van der Waals surface area contributed by atoms with Gasteiger partial charge in [-0.3, -0.25) is 0 Å². The van der Waals surface area contributed by atoms with E-state index in [1.165, 1.54) is 79.7 Å². The minimum atomic E-state index is -0.161. The van der Waals surface area contributed by atoms with Crippen LogP contribution in [0.1, 0.15) is 88.2 Å². The molecule has 0 unspecified atom stereocenters. The van der Waals surface area contributed by atoms with Crippen LogP contribution in [0, 0.1) is 0 Å². The molecule has 3 aromatic carbocycles.